The number of likely N-dealkylation sites (tertiary alicyclic amines) is 1. The molecule has 4 rings (SSSR count). The van der Waals surface area contributed by atoms with E-state index in [2.05, 4.69) is 39.3 Å². The van der Waals surface area contributed by atoms with Crippen LogP contribution in [0.1, 0.15) is 34.7 Å². The molecule has 1 saturated heterocycles. The van der Waals surface area contributed by atoms with Crippen LogP contribution in [0.15, 0.2) is 42.6 Å². The minimum Gasteiger partial charge on any atom is -0.336 e. The molecule has 1 aromatic carbocycles. The second-order valence-corrected chi connectivity index (χ2v) is 6.66. The first kappa shape index (κ1) is 15.7. The van der Waals surface area contributed by atoms with E-state index in [4.69, 9.17) is 0 Å². The first-order valence-corrected chi connectivity index (χ1v) is 8.72. The fourth-order valence-corrected chi connectivity index (χ4v) is 3.43. The molecular weight excluding hydrogens is 314 g/mol. The number of aryl methyl sites for hydroxylation is 1. The number of hydrogen-bond donors (Lipinski definition) is 0. The molecule has 6 nitrogen and oxygen atoms in total. The van der Waals surface area contributed by atoms with Crippen molar-refractivity contribution in [1.82, 2.24) is 24.5 Å². The summed E-state index contributed by atoms with van der Waals surface area (Å²) in [5, 5.41) is 4.33. The molecule has 3 aromatic rings. The third-order valence-electron chi connectivity index (χ3n) is 4.89. The molecule has 0 unspecified atom stereocenters. The Hall–Kier alpha value is -2.76. The quantitative estimate of drug-likeness (QED) is 0.738. The predicted octanol–water partition coefficient (Wildman–Crippen LogP) is 2.53. The van der Waals surface area contributed by atoms with Crippen molar-refractivity contribution in [3.63, 3.8) is 0 Å². The van der Waals surface area contributed by atoms with Crippen molar-refractivity contribution in [1.29, 1.82) is 0 Å². The minimum absolute atomic E-state index is 0.0944. The molecule has 0 atom stereocenters. The Morgan fingerprint density at radius 3 is 2.64 bits per heavy atom. The summed E-state index contributed by atoms with van der Waals surface area (Å²) >= 11 is 0. The number of nitrogens with zero attached hydrogens (tertiary/aromatic N) is 5. The fraction of sp³-hybridized carbons (Fsp3) is 0.368. The van der Waals surface area contributed by atoms with Crippen LogP contribution in [0.5, 0.6) is 0 Å². The highest BCUT2D eigenvalue weighted by molar-refractivity contribution is 5.90. The van der Waals surface area contributed by atoms with Crippen LogP contribution in [0.2, 0.25) is 0 Å². The van der Waals surface area contributed by atoms with Gasteiger partial charge < -0.3 is 4.90 Å². The lowest BCUT2D eigenvalue weighted by Gasteiger charge is -2.31. The van der Waals surface area contributed by atoms with Crippen molar-refractivity contribution in [3.8, 4) is 0 Å². The van der Waals surface area contributed by atoms with Crippen molar-refractivity contribution in [3.05, 3.63) is 59.7 Å². The van der Waals surface area contributed by atoms with Crippen molar-refractivity contribution < 1.29 is 4.79 Å². The molecule has 1 aliphatic rings. The van der Waals surface area contributed by atoms with Gasteiger partial charge in [0.15, 0.2) is 0 Å². The number of rotatable bonds is 3. The molecule has 3 heterocycles. The zero-order chi connectivity index (χ0) is 17.2. The van der Waals surface area contributed by atoms with E-state index in [-0.39, 0.29) is 11.7 Å². The summed E-state index contributed by atoms with van der Waals surface area (Å²) in [4.78, 5) is 23.0. The molecule has 128 valence electrons. The molecule has 0 N–H and O–H groups in total. The van der Waals surface area contributed by atoms with Crippen molar-refractivity contribution in [2.24, 2.45) is 5.92 Å². The average Bonchev–Trinajstić information content (AvgIpc) is 3.08. The SMILES string of the molecule is Cc1ccnc2nc(C(=O)N3CCC(Cc4ccccc4)CC3)nn12. The summed E-state index contributed by atoms with van der Waals surface area (Å²) < 4.78 is 1.62. The number of carbonyl (C=O) groups excluding carboxylic acids is 1. The van der Waals surface area contributed by atoms with Crippen LogP contribution < -0.4 is 0 Å². The lowest BCUT2D eigenvalue weighted by Crippen LogP contribution is -2.39. The second-order valence-electron chi connectivity index (χ2n) is 6.66. The molecule has 0 aliphatic carbocycles. The topological polar surface area (TPSA) is 63.4 Å². The number of hydrogen-bond acceptors (Lipinski definition) is 4. The van der Waals surface area contributed by atoms with E-state index in [0.29, 0.717) is 11.7 Å². The van der Waals surface area contributed by atoms with Gasteiger partial charge in [-0.15, -0.1) is 5.10 Å². The van der Waals surface area contributed by atoms with Gasteiger partial charge in [0.2, 0.25) is 5.82 Å². The molecular formula is C19H21N5O. The maximum Gasteiger partial charge on any atom is 0.293 e. The van der Waals surface area contributed by atoms with Crippen molar-refractivity contribution in [2.75, 3.05) is 13.1 Å². The van der Waals surface area contributed by atoms with E-state index in [0.717, 1.165) is 38.0 Å². The van der Waals surface area contributed by atoms with Crippen LogP contribution in [0.4, 0.5) is 0 Å². The van der Waals surface area contributed by atoms with E-state index in [9.17, 15) is 4.79 Å². The van der Waals surface area contributed by atoms with Crippen molar-refractivity contribution >= 4 is 11.7 Å². The summed E-state index contributed by atoms with van der Waals surface area (Å²) in [6, 6.07) is 12.4. The Kier molecular flexibility index (Phi) is 4.17. The van der Waals surface area contributed by atoms with Crippen LogP contribution in [-0.4, -0.2) is 43.5 Å². The average molecular weight is 335 g/mol. The van der Waals surface area contributed by atoms with Gasteiger partial charge in [0.25, 0.3) is 11.7 Å². The van der Waals surface area contributed by atoms with E-state index < -0.39 is 0 Å². The Morgan fingerprint density at radius 1 is 1.16 bits per heavy atom. The standard InChI is InChI=1S/C19H21N5O/c1-14-7-10-20-19-21-17(22-24(14)19)18(25)23-11-8-16(9-12-23)13-15-5-3-2-4-6-15/h2-7,10,16H,8-9,11-13H2,1H3. The van der Waals surface area contributed by atoms with E-state index in [1.807, 2.05) is 24.0 Å². The molecule has 1 amide bonds. The maximum absolute atomic E-state index is 12.7. The first-order valence-electron chi connectivity index (χ1n) is 8.72. The van der Waals surface area contributed by atoms with Crippen LogP contribution in [0.3, 0.4) is 0 Å². The van der Waals surface area contributed by atoms with E-state index >= 15 is 0 Å². The minimum atomic E-state index is -0.0944. The number of aromatic nitrogens is 4. The van der Waals surface area contributed by atoms with Gasteiger partial charge in [-0.05, 0) is 43.7 Å². The Morgan fingerprint density at radius 2 is 1.92 bits per heavy atom. The van der Waals surface area contributed by atoms with Crippen LogP contribution in [0, 0.1) is 12.8 Å². The van der Waals surface area contributed by atoms with Gasteiger partial charge in [0, 0.05) is 25.0 Å². The third kappa shape index (κ3) is 3.24. The summed E-state index contributed by atoms with van der Waals surface area (Å²) in [6.07, 6.45) is 4.80. The summed E-state index contributed by atoms with van der Waals surface area (Å²) in [5.41, 5.74) is 2.29. The van der Waals surface area contributed by atoms with Gasteiger partial charge in [0.05, 0.1) is 0 Å². The number of amides is 1. The normalized spacial score (nSPS) is 15.6. The number of piperidine rings is 1. The molecule has 6 heteroatoms. The monoisotopic (exact) mass is 335 g/mol. The van der Waals surface area contributed by atoms with Crippen LogP contribution in [-0.2, 0) is 6.42 Å². The van der Waals surface area contributed by atoms with Gasteiger partial charge in [0.1, 0.15) is 0 Å². The summed E-state index contributed by atoms with van der Waals surface area (Å²) in [6.45, 7) is 3.45. The Labute approximate surface area is 146 Å². The maximum atomic E-state index is 12.7. The fourth-order valence-electron chi connectivity index (χ4n) is 3.43. The molecule has 0 spiro atoms. The van der Waals surface area contributed by atoms with Gasteiger partial charge in [-0.25, -0.2) is 9.50 Å². The van der Waals surface area contributed by atoms with E-state index in [1.165, 1.54) is 5.56 Å². The lowest BCUT2D eigenvalue weighted by atomic mass is 9.90. The van der Waals surface area contributed by atoms with Crippen LogP contribution >= 0.6 is 0 Å². The van der Waals surface area contributed by atoms with Gasteiger partial charge >= 0.3 is 0 Å². The zero-order valence-corrected chi connectivity index (χ0v) is 14.3. The lowest BCUT2D eigenvalue weighted by molar-refractivity contribution is 0.0678. The molecule has 1 fully saturated rings. The van der Waals surface area contributed by atoms with Gasteiger partial charge in [-0.3, -0.25) is 4.79 Å². The van der Waals surface area contributed by atoms with Gasteiger partial charge in [-0.2, -0.15) is 4.98 Å². The first-order chi connectivity index (χ1) is 12.2. The van der Waals surface area contributed by atoms with Crippen molar-refractivity contribution in [2.45, 2.75) is 26.2 Å². The summed E-state index contributed by atoms with van der Waals surface area (Å²) in [7, 11) is 0. The third-order valence-corrected chi connectivity index (χ3v) is 4.89. The molecule has 1 aliphatic heterocycles. The largest absolute Gasteiger partial charge is 0.336 e. The molecule has 0 radical (unpaired) electrons. The Balaban J connectivity index is 1.41. The summed E-state index contributed by atoms with van der Waals surface area (Å²) in [5.74, 6) is 1.25. The highest BCUT2D eigenvalue weighted by Gasteiger charge is 2.26. The molecule has 25 heavy (non-hydrogen) atoms. The zero-order valence-electron chi connectivity index (χ0n) is 14.3. The molecule has 0 saturated carbocycles. The molecule has 0 bridgehead atoms. The number of carbonyl (C=O) groups is 1. The van der Waals surface area contributed by atoms with Crippen LogP contribution in [0.25, 0.3) is 5.78 Å². The predicted molar refractivity (Wildman–Crippen MR) is 94.3 cm³/mol. The highest BCUT2D eigenvalue weighted by atomic mass is 16.2. The smallest absolute Gasteiger partial charge is 0.293 e. The Bertz CT molecular complexity index is 881. The number of fused-ring (bicyclic) bond motifs is 1. The highest BCUT2D eigenvalue weighted by Crippen LogP contribution is 2.22. The van der Waals surface area contributed by atoms with E-state index in [1.54, 1.807) is 10.7 Å². The molecule has 2 aromatic heterocycles. The second kappa shape index (κ2) is 6.63. The van der Waals surface area contributed by atoms with Gasteiger partial charge in [-0.1, -0.05) is 30.3 Å². The number of benzene rings is 1.